The van der Waals surface area contributed by atoms with Crippen LogP contribution < -0.4 is 24.3 Å². The second-order valence-corrected chi connectivity index (χ2v) is 10.9. The van der Waals surface area contributed by atoms with Crippen LogP contribution >= 0.6 is 0 Å². The zero-order chi connectivity index (χ0) is 33.0. The number of alkyl halides is 6. The van der Waals surface area contributed by atoms with Gasteiger partial charge in [-0.05, 0) is 67.6 Å². The molecule has 1 atom stereocenters. The largest absolute Gasteiger partial charge is 0.586 e. The van der Waals surface area contributed by atoms with E-state index in [2.05, 4.69) is 24.9 Å². The number of aliphatic hydroxyl groups is 1. The number of fused-ring (bicyclic) bond motifs is 2. The third-order valence-corrected chi connectivity index (χ3v) is 7.68. The Labute approximate surface area is 256 Å². The average Bonchev–Trinajstić information content (AvgIpc) is 3.69. The number of hydrogen-bond donors (Lipinski definition) is 2. The smallest absolute Gasteiger partial charge is 0.494 e. The first-order chi connectivity index (χ1) is 21.8. The van der Waals surface area contributed by atoms with Crippen molar-refractivity contribution < 1.29 is 55.2 Å². The monoisotopic (exact) mass is 652 g/mol. The number of rotatable bonds is 11. The molecular weight excluding hydrogens is 626 g/mol. The van der Waals surface area contributed by atoms with Crippen LogP contribution in [0.15, 0.2) is 42.6 Å². The van der Waals surface area contributed by atoms with Gasteiger partial charge in [0.1, 0.15) is 34.9 Å². The summed E-state index contributed by atoms with van der Waals surface area (Å²) in [6.07, 6.45) is -4.49. The van der Waals surface area contributed by atoms with E-state index >= 15 is 0 Å². The summed E-state index contributed by atoms with van der Waals surface area (Å²) >= 11 is 0. The molecule has 1 aliphatic carbocycles. The number of amides is 1. The Morgan fingerprint density at radius 2 is 1.89 bits per heavy atom. The fourth-order valence-corrected chi connectivity index (χ4v) is 5.33. The van der Waals surface area contributed by atoms with Gasteiger partial charge in [-0.15, -0.1) is 8.78 Å². The van der Waals surface area contributed by atoms with E-state index in [1.165, 1.54) is 43.5 Å². The van der Waals surface area contributed by atoms with Gasteiger partial charge in [-0.3, -0.25) is 4.79 Å². The second kappa shape index (κ2) is 11.6. The maximum absolute atomic E-state index is 13.7. The van der Waals surface area contributed by atoms with Gasteiger partial charge in [-0.1, -0.05) is 0 Å². The lowest BCUT2D eigenvalue weighted by atomic mass is 9.90. The summed E-state index contributed by atoms with van der Waals surface area (Å²) < 4.78 is 100. The number of nitrogens with zero attached hydrogens (tertiary/aromatic N) is 3. The van der Waals surface area contributed by atoms with E-state index < -0.39 is 37.4 Å². The number of hydrogen-bond acceptors (Lipinski definition) is 8. The fourth-order valence-electron chi connectivity index (χ4n) is 5.33. The van der Waals surface area contributed by atoms with Gasteiger partial charge in [0.15, 0.2) is 11.5 Å². The number of nitrogens with one attached hydrogen (secondary N) is 1. The van der Waals surface area contributed by atoms with Gasteiger partial charge in [0.25, 0.3) is 12.3 Å². The van der Waals surface area contributed by atoms with E-state index in [0.29, 0.717) is 23.1 Å². The summed E-state index contributed by atoms with van der Waals surface area (Å²) in [7, 11) is 1.30. The fraction of sp³-hybridized carbons (Fsp3) is 0.367. The van der Waals surface area contributed by atoms with Gasteiger partial charge in [-0.25, -0.2) is 18.4 Å². The van der Waals surface area contributed by atoms with Crippen LogP contribution in [0.1, 0.15) is 41.0 Å². The molecule has 1 aliphatic heterocycles. The number of carbonyl (C=O) groups excluding carboxylic acids is 1. The first kappa shape index (κ1) is 31.3. The van der Waals surface area contributed by atoms with Gasteiger partial charge < -0.3 is 29.4 Å². The van der Waals surface area contributed by atoms with Gasteiger partial charge in [0, 0.05) is 22.7 Å². The zero-order valence-corrected chi connectivity index (χ0v) is 24.2. The van der Waals surface area contributed by atoms with Crippen molar-refractivity contribution in [2.75, 3.05) is 20.3 Å². The highest BCUT2D eigenvalue weighted by Gasteiger charge is 2.47. The van der Waals surface area contributed by atoms with E-state index in [-0.39, 0.29) is 68.9 Å². The van der Waals surface area contributed by atoms with Crippen molar-refractivity contribution in [1.82, 2.24) is 20.1 Å². The van der Waals surface area contributed by atoms with Crippen molar-refractivity contribution in [3.8, 4) is 34.3 Å². The van der Waals surface area contributed by atoms with Crippen molar-refractivity contribution in [2.24, 2.45) is 5.92 Å². The summed E-state index contributed by atoms with van der Waals surface area (Å²) in [5, 5.41) is 18.7. The van der Waals surface area contributed by atoms with Crippen LogP contribution in [0.3, 0.4) is 0 Å². The van der Waals surface area contributed by atoms with Gasteiger partial charge >= 0.3 is 12.8 Å². The van der Waals surface area contributed by atoms with Gasteiger partial charge in [0.05, 0.1) is 19.3 Å². The third-order valence-electron chi connectivity index (χ3n) is 7.68. The Kier molecular flexibility index (Phi) is 7.86. The van der Waals surface area contributed by atoms with Gasteiger partial charge in [0.2, 0.25) is 0 Å². The van der Waals surface area contributed by atoms with E-state index in [1.54, 1.807) is 6.92 Å². The second-order valence-electron chi connectivity index (χ2n) is 10.9. The highest BCUT2D eigenvalue weighted by molar-refractivity contribution is 5.99. The Bertz CT molecular complexity index is 1810. The number of methoxy groups -OCH3 is 1. The summed E-state index contributed by atoms with van der Waals surface area (Å²) in [4.78, 5) is 17.8. The van der Waals surface area contributed by atoms with Crippen molar-refractivity contribution in [2.45, 2.75) is 44.6 Å². The predicted molar refractivity (Wildman–Crippen MR) is 149 cm³/mol. The Morgan fingerprint density at radius 1 is 1.15 bits per heavy atom. The molecule has 6 rings (SSSR count). The van der Waals surface area contributed by atoms with Crippen LogP contribution in [0.5, 0.6) is 23.0 Å². The topological polar surface area (TPSA) is 117 Å². The number of aryl methyl sites for hydroxylation is 1. The first-order valence-electron chi connectivity index (χ1n) is 14.0. The maximum atomic E-state index is 13.7. The van der Waals surface area contributed by atoms with Crippen LogP contribution in [0.4, 0.5) is 26.3 Å². The Hall–Kier alpha value is -4.73. The van der Waals surface area contributed by atoms with Crippen LogP contribution in [0.25, 0.3) is 22.2 Å². The minimum Gasteiger partial charge on any atom is -0.494 e. The summed E-state index contributed by atoms with van der Waals surface area (Å²) in [5.41, 5.74) is -1.08. The van der Waals surface area contributed by atoms with Crippen molar-refractivity contribution in [3.63, 3.8) is 0 Å². The molecule has 2 N–H and O–H groups in total. The Morgan fingerprint density at radius 3 is 2.57 bits per heavy atom. The maximum Gasteiger partial charge on any atom is 0.586 e. The molecule has 0 unspecified atom stereocenters. The standard InChI is InChI=1S/C30H26F6N4O6/c1-14-7-22(38-25(26(14)44-12-23(31)32)15-3-6-19-20(9-15)46-30(35,36)45-19)29(42,18-4-5-18)13-37-27(41)16-8-17-11-40(28(33)34)39-24(17)21(10-16)43-2/h3,6-11,18,23,28,42H,4-5,12-13H2,1-2H3,(H,37,41)/t29-/m1/s1. The van der Waals surface area contributed by atoms with Crippen molar-refractivity contribution >= 4 is 16.8 Å². The lowest BCUT2D eigenvalue weighted by Crippen LogP contribution is -2.43. The normalized spacial score (nSPS) is 16.6. The lowest BCUT2D eigenvalue weighted by molar-refractivity contribution is -0.286. The summed E-state index contributed by atoms with van der Waals surface area (Å²) in [5.74, 6) is -1.55. The lowest BCUT2D eigenvalue weighted by Gasteiger charge is -2.29. The quantitative estimate of drug-likeness (QED) is 0.195. The molecule has 0 spiro atoms. The molecule has 244 valence electrons. The van der Waals surface area contributed by atoms with Gasteiger partial charge in [-0.2, -0.15) is 13.9 Å². The molecule has 4 aromatic rings. The van der Waals surface area contributed by atoms with E-state index in [9.17, 15) is 36.2 Å². The molecule has 10 nitrogen and oxygen atoms in total. The summed E-state index contributed by atoms with van der Waals surface area (Å²) in [6, 6.07) is 7.89. The molecule has 1 fully saturated rings. The molecule has 2 aliphatic rings. The number of carbonyl (C=O) groups is 1. The molecule has 46 heavy (non-hydrogen) atoms. The number of pyridine rings is 1. The molecule has 2 aromatic carbocycles. The van der Waals surface area contributed by atoms with Crippen molar-refractivity contribution in [3.05, 3.63) is 59.4 Å². The third kappa shape index (κ3) is 5.96. The number of benzene rings is 2. The number of aromatic nitrogens is 3. The first-order valence-corrected chi connectivity index (χ1v) is 14.0. The van der Waals surface area contributed by atoms with E-state index in [1.807, 2.05) is 0 Å². The minimum atomic E-state index is -3.90. The van der Waals surface area contributed by atoms with E-state index in [0.717, 1.165) is 6.20 Å². The molecule has 1 saturated carbocycles. The molecule has 1 amide bonds. The molecular formula is C30H26F6N4O6. The predicted octanol–water partition coefficient (Wildman–Crippen LogP) is 5.80. The number of ether oxygens (including phenoxy) is 4. The SMILES string of the molecule is COc1cc(C(=O)NC[C@](O)(c2cc(C)c(OCC(F)F)c(-c3ccc4c(c3)OC(F)(F)O4)n2)C2CC2)cc2cn(C(F)F)nc12. The molecule has 16 heteroatoms. The Balaban J connectivity index is 1.34. The molecule has 0 saturated heterocycles. The average molecular weight is 653 g/mol. The van der Waals surface area contributed by atoms with Crippen molar-refractivity contribution in [1.29, 1.82) is 0 Å². The summed E-state index contributed by atoms with van der Waals surface area (Å²) in [6.45, 7) is -2.69. The molecule has 3 heterocycles. The minimum absolute atomic E-state index is 0.0334. The highest BCUT2D eigenvalue weighted by Crippen LogP contribution is 2.48. The van der Waals surface area contributed by atoms with E-state index in [4.69, 9.17) is 9.47 Å². The zero-order valence-electron chi connectivity index (χ0n) is 24.2. The van der Waals surface area contributed by atoms with Crippen LogP contribution in [-0.4, -0.2) is 58.8 Å². The van der Waals surface area contributed by atoms with Crippen LogP contribution in [-0.2, 0) is 5.60 Å². The highest BCUT2D eigenvalue weighted by atomic mass is 19.3. The van der Waals surface area contributed by atoms with Crippen LogP contribution in [0.2, 0.25) is 0 Å². The molecule has 0 radical (unpaired) electrons. The number of halogens is 6. The molecule has 2 aromatic heterocycles. The molecule has 0 bridgehead atoms. The van der Waals surface area contributed by atoms with Crippen LogP contribution in [0, 0.1) is 12.8 Å².